The molecule has 0 spiro atoms. The third-order valence-electron chi connectivity index (χ3n) is 5.72. The molecule has 1 N–H and O–H groups in total. The number of halogens is 1. The van der Waals surface area contributed by atoms with Crippen LogP contribution in [0.3, 0.4) is 0 Å². The summed E-state index contributed by atoms with van der Waals surface area (Å²) < 4.78 is 48.1. The first-order valence-corrected chi connectivity index (χ1v) is 15.5. The molecule has 3 amide bonds. The maximum atomic E-state index is 13.0. The van der Waals surface area contributed by atoms with Gasteiger partial charge in [0.25, 0.3) is 11.1 Å². The number of thioether (sulfide) groups is 1. The second-order valence-corrected chi connectivity index (χ2v) is 12.3. The number of hydrogen-bond acceptors (Lipinski definition) is 10. The summed E-state index contributed by atoms with van der Waals surface area (Å²) in [6.07, 6.45) is 1.52. The Morgan fingerprint density at radius 2 is 1.67 bits per heavy atom. The van der Waals surface area contributed by atoms with Gasteiger partial charge in [0.05, 0.1) is 29.2 Å². The molecular formula is C28H25IN2O9S2. The molecule has 1 aliphatic rings. The highest BCUT2D eigenvalue weighted by molar-refractivity contribution is 14.1. The Balaban J connectivity index is 1.48. The number of rotatable bonds is 11. The number of methoxy groups -OCH3 is 2. The molecule has 0 radical (unpaired) electrons. The van der Waals surface area contributed by atoms with E-state index in [2.05, 4.69) is 5.32 Å². The number of para-hydroxylation sites is 2. The first-order valence-electron chi connectivity index (χ1n) is 12.2. The molecule has 1 fully saturated rings. The van der Waals surface area contributed by atoms with Crippen molar-refractivity contribution in [3.05, 3.63) is 74.7 Å². The van der Waals surface area contributed by atoms with Gasteiger partial charge in [0.15, 0.2) is 23.0 Å². The number of nitrogens with one attached hydrogen (secondary N) is 1. The SMILES string of the molecule is COc1ccccc1OCCN1C(=O)S/C(=C\c2cc(I)c(OS(=O)(=O)c3ccc(NC(C)=O)cc3)c(OC)c2)C1=O. The first kappa shape index (κ1) is 31.2. The van der Waals surface area contributed by atoms with Crippen molar-refractivity contribution in [3.8, 4) is 23.0 Å². The summed E-state index contributed by atoms with van der Waals surface area (Å²) in [5.41, 5.74) is 0.933. The molecule has 0 aliphatic carbocycles. The topological polar surface area (TPSA) is 138 Å². The van der Waals surface area contributed by atoms with Gasteiger partial charge in [0.2, 0.25) is 5.91 Å². The number of carbonyl (C=O) groups is 3. The largest absolute Gasteiger partial charge is 0.493 e. The van der Waals surface area contributed by atoms with Crippen molar-refractivity contribution in [3.63, 3.8) is 0 Å². The summed E-state index contributed by atoms with van der Waals surface area (Å²) in [6, 6.07) is 15.7. The Bertz CT molecular complexity index is 1660. The molecule has 0 saturated carbocycles. The summed E-state index contributed by atoms with van der Waals surface area (Å²) in [4.78, 5) is 37.9. The van der Waals surface area contributed by atoms with Crippen molar-refractivity contribution in [1.29, 1.82) is 0 Å². The maximum absolute atomic E-state index is 13.0. The number of amides is 3. The zero-order chi connectivity index (χ0) is 30.4. The van der Waals surface area contributed by atoms with Crippen LogP contribution >= 0.6 is 34.4 Å². The number of hydrogen-bond donors (Lipinski definition) is 1. The lowest BCUT2D eigenvalue weighted by atomic mass is 10.2. The molecule has 1 saturated heterocycles. The fourth-order valence-corrected chi connectivity index (χ4v) is 6.51. The van der Waals surface area contributed by atoms with Crippen molar-refractivity contribution in [1.82, 2.24) is 4.90 Å². The fourth-order valence-electron chi connectivity index (χ4n) is 3.80. The lowest BCUT2D eigenvalue weighted by Crippen LogP contribution is -2.32. The maximum Gasteiger partial charge on any atom is 0.339 e. The number of carbonyl (C=O) groups excluding carboxylic acids is 3. The lowest BCUT2D eigenvalue weighted by Gasteiger charge is -2.15. The molecule has 3 aromatic rings. The lowest BCUT2D eigenvalue weighted by molar-refractivity contribution is -0.123. The quantitative estimate of drug-likeness (QED) is 0.161. The third-order valence-corrected chi connectivity index (χ3v) is 8.67. The van der Waals surface area contributed by atoms with E-state index < -0.39 is 21.3 Å². The zero-order valence-corrected chi connectivity index (χ0v) is 26.4. The standard InChI is InChI=1S/C28H25IN2O9S2/c1-17(32)30-19-8-10-20(11-9-19)42(35,36)40-26-21(29)14-18(15-24(26)38-3)16-25-27(33)31(28(34)41-25)12-13-39-23-7-5-4-6-22(23)37-2/h4-11,14-16H,12-13H2,1-3H3,(H,30,32)/b25-16-. The molecule has 1 heterocycles. The van der Waals surface area contributed by atoms with E-state index in [4.69, 9.17) is 18.4 Å². The number of benzene rings is 3. The molecule has 0 bridgehead atoms. The minimum absolute atomic E-state index is 0.0390. The Kier molecular flexibility index (Phi) is 10.0. The van der Waals surface area contributed by atoms with Crippen molar-refractivity contribution >= 4 is 73.3 Å². The van der Waals surface area contributed by atoms with E-state index in [-0.39, 0.29) is 40.4 Å². The summed E-state index contributed by atoms with van der Waals surface area (Å²) >= 11 is 2.69. The van der Waals surface area contributed by atoms with Gasteiger partial charge in [-0.05, 0) is 94.5 Å². The van der Waals surface area contributed by atoms with E-state index in [1.807, 2.05) is 22.6 Å². The summed E-state index contributed by atoms with van der Waals surface area (Å²) in [5.74, 6) is 0.335. The highest BCUT2D eigenvalue weighted by atomic mass is 127. The van der Waals surface area contributed by atoms with Crippen LogP contribution in [0.5, 0.6) is 23.0 Å². The average molecular weight is 725 g/mol. The monoisotopic (exact) mass is 724 g/mol. The molecular weight excluding hydrogens is 699 g/mol. The van der Waals surface area contributed by atoms with E-state index >= 15 is 0 Å². The second-order valence-electron chi connectivity index (χ2n) is 8.61. The van der Waals surface area contributed by atoms with Gasteiger partial charge in [-0.2, -0.15) is 8.42 Å². The van der Waals surface area contributed by atoms with Crippen LogP contribution in [0.2, 0.25) is 0 Å². The number of nitrogens with zero attached hydrogens (tertiary/aromatic N) is 1. The van der Waals surface area contributed by atoms with Gasteiger partial charge in [0.1, 0.15) is 11.5 Å². The predicted octanol–water partition coefficient (Wildman–Crippen LogP) is 5.15. The molecule has 0 atom stereocenters. The first-order chi connectivity index (χ1) is 20.0. The van der Waals surface area contributed by atoms with Gasteiger partial charge in [-0.25, -0.2) is 0 Å². The number of anilines is 1. The highest BCUT2D eigenvalue weighted by Crippen LogP contribution is 2.38. The predicted molar refractivity (Wildman–Crippen MR) is 165 cm³/mol. The van der Waals surface area contributed by atoms with Gasteiger partial charge >= 0.3 is 10.1 Å². The molecule has 220 valence electrons. The van der Waals surface area contributed by atoms with Gasteiger partial charge in [-0.1, -0.05) is 12.1 Å². The van der Waals surface area contributed by atoms with Crippen molar-refractivity contribution < 1.29 is 41.2 Å². The summed E-state index contributed by atoms with van der Waals surface area (Å²) in [6.45, 7) is 1.46. The van der Waals surface area contributed by atoms with E-state index in [9.17, 15) is 22.8 Å². The van der Waals surface area contributed by atoms with Crippen LogP contribution in [0.1, 0.15) is 12.5 Å². The highest BCUT2D eigenvalue weighted by Gasteiger charge is 2.35. The van der Waals surface area contributed by atoms with E-state index in [1.165, 1.54) is 57.6 Å². The smallest absolute Gasteiger partial charge is 0.339 e. The Hall–Kier alpha value is -3.76. The van der Waals surface area contributed by atoms with Gasteiger partial charge in [-0.15, -0.1) is 0 Å². The minimum Gasteiger partial charge on any atom is -0.493 e. The van der Waals surface area contributed by atoms with Crippen LogP contribution < -0.4 is 23.7 Å². The Morgan fingerprint density at radius 3 is 2.31 bits per heavy atom. The van der Waals surface area contributed by atoms with Crippen LogP contribution in [0.15, 0.2) is 70.5 Å². The third kappa shape index (κ3) is 7.35. The van der Waals surface area contributed by atoms with Crippen molar-refractivity contribution in [2.75, 3.05) is 32.7 Å². The summed E-state index contributed by atoms with van der Waals surface area (Å²) in [7, 11) is -1.37. The van der Waals surface area contributed by atoms with E-state index in [0.717, 1.165) is 16.7 Å². The van der Waals surface area contributed by atoms with Gasteiger partial charge in [-0.3, -0.25) is 19.3 Å². The van der Waals surface area contributed by atoms with E-state index in [1.54, 1.807) is 30.3 Å². The Morgan fingerprint density at radius 1 is 1.00 bits per heavy atom. The van der Waals surface area contributed by atoms with Crippen LogP contribution in [0.4, 0.5) is 10.5 Å². The molecule has 4 rings (SSSR count). The van der Waals surface area contributed by atoms with Crippen LogP contribution in [0.25, 0.3) is 6.08 Å². The van der Waals surface area contributed by atoms with Crippen molar-refractivity contribution in [2.45, 2.75) is 11.8 Å². The molecule has 42 heavy (non-hydrogen) atoms. The molecule has 1 aliphatic heterocycles. The molecule has 0 unspecified atom stereocenters. The molecule has 14 heteroatoms. The second kappa shape index (κ2) is 13.5. The van der Waals surface area contributed by atoms with Crippen LogP contribution in [-0.4, -0.2) is 57.7 Å². The summed E-state index contributed by atoms with van der Waals surface area (Å²) in [5, 5.41) is 2.13. The number of imide groups is 1. The minimum atomic E-state index is -4.25. The Labute approximate surface area is 260 Å². The van der Waals surface area contributed by atoms with Crippen LogP contribution in [-0.2, 0) is 19.7 Å². The molecule has 11 nitrogen and oxygen atoms in total. The average Bonchev–Trinajstić information content (AvgIpc) is 3.21. The molecule has 0 aromatic heterocycles. The number of ether oxygens (including phenoxy) is 3. The van der Waals surface area contributed by atoms with Crippen LogP contribution in [0, 0.1) is 3.57 Å². The molecule has 3 aromatic carbocycles. The van der Waals surface area contributed by atoms with Gasteiger partial charge in [0, 0.05) is 12.6 Å². The van der Waals surface area contributed by atoms with E-state index in [0.29, 0.717) is 26.3 Å². The normalized spacial score (nSPS) is 14.2. The fraction of sp³-hybridized carbons (Fsp3) is 0.179. The van der Waals surface area contributed by atoms with Gasteiger partial charge < -0.3 is 23.7 Å². The van der Waals surface area contributed by atoms with Crippen molar-refractivity contribution in [2.24, 2.45) is 0 Å². The zero-order valence-electron chi connectivity index (χ0n) is 22.6.